The average molecular weight is 365 g/mol. The number of hydrogen-bond donors (Lipinski definition) is 1. The summed E-state index contributed by atoms with van der Waals surface area (Å²) in [7, 11) is 0. The first-order valence-corrected chi connectivity index (χ1v) is 7.86. The van der Waals surface area contributed by atoms with Gasteiger partial charge in [-0.15, -0.1) is 11.3 Å². The maximum atomic E-state index is 6.21. The molecule has 1 aromatic heterocycles. The third kappa shape index (κ3) is 3.21. The fraction of sp³-hybridized carbons (Fsp3) is 0.231. The SMILES string of the molecule is Cc1cc(Cl)c(NC(C)c2cc(Br)cs2)cc1Cl. The maximum absolute atomic E-state index is 6.21. The Labute approximate surface area is 129 Å². The molecule has 0 aliphatic carbocycles. The molecule has 1 heterocycles. The Morgan fingerprint density at radius 2 is 1.94 bits per heavy atom. The van der Waals surface area contributed by atoms with E-state index in [0.29, 0.717) is 5.02 Å². The second-order valence-corrected chi connectivity index (χ2v) is 6.79. The molecule has 0 saturated heterocycles. The van der Waals surface area contributed by atoms with Crippen LogP contribution in [0.1, 0.15) is 23.4 Å². The molecule has 2 aromatic rings. The van der Waals surface area contributed by atoms with E-state index in [9.17, 15) is 0 Å². The second-order valence-electron chi connectivity index (χ2n) is 4.11. The zero-order valence-electron chi connectivity index (χ0n) is 9.93. The van der Waals surface area contributed by atoms with Gasteiger partial charge in [-0.25, -0.2) is 0 Å². The second kappa shape index (κ2) is 5.83. The summed E-state index contributed by atoms with van der Waals surface area (Å²) in [6, 6.07) is 6.05. The van der Waals surface area contributed by atoms with Crippen LogP contribution in [0.5, 0.6) is 0 Å². The quantitative estimate of drug-likeness (QED) is 0.673. The van der Waals surface area contributed by atoms with E-state index in [1.54, 1.807) is 11.3 Å². The lowest BCUT2D eigenvalue weighted by Gasteiger charge is -2.16. The van der Waals surface area contributed by atoms with Crippen LogP contribution in [0.2, 0.25) is 10.0 Å². The number of hydrogen-bond acceptors (Lipinski definition) is 2. The first-order valence-electron chi connectivity index (χ1n) is 5.43. The van der Waals surface area contributed by atoms with Gasteiger partial charge in [0.2, 0.25) is 0 Å². The molecule has 0 spiro atoms. The van der Waals surface area contributed by atoms with Crippen LogP contribution in [0.3, 0.4) is 0 Å². The number of aryl methyl sites for hydroxylation is 1. The molecule has 0 bridgehead atoms. The Hall–Kier alpha value is -0.220. The number of anilines is 1. The molecule has 1 nitrogen and oxygen atoms in total. The van der Waals surface area contributed by atoms with Gasteiger partial charge < -0.3 is 5.32 Å². The number of rotatable bonds is 3. The molecule has 1 aromatic carbocycles. The largest absolute Gasteiger partial charge is 0.376 e. The van der Waals surface area contributed by atoms with Gasteiger partial charge >= 0.3 is 0 Å². The highest BCUT2D eigenvalue weighted by molar-refractivity contribution is 9.10. The van der Waals surface area contributed by atoms with Crippen molar-refractivity contribution in [2.24, 2.45) is 0 Å². The van der Waals surface area contributed by atoms with Crippen molar-refractivity contribution in [1.29, 1.82) is 0 Å². The summed E-state index contributed by atoms with van der Waals surface area (Å²) in [5.41, 5.74) is 1.85. The summed E-state index contributed by atoms with van der Waals surface area (Å²) in [4.78, 5) is 1.25. The van der Waals surface area contributed by atoms with Crippen molar-refractivity contribution in [1.82, 2.24) is 0 Å². The van der Waals surface area contributed by atoms with Gasteiger partial charge in [0.15, 0.2) is 0 Å². The molecule has 0 radical (unpaired) electrons. The standard InChI is InChI=1S/C13H12BrCl2NS/c1-7-3-11(16)12(5-10(7)15)17-8(2)13-4-9(14)6-18-13/h3-6,8,17H,1-2H3. The van der Waals surface area contributed by atoms with Gasteiger partial charge in [-0.2, -0.15) is 0 Å². The molecular weight excluding hydrogens is 353 g/mol. The van der Waals surface area contributed by atoms with Crippen molar-refractivity contribution in [2.75, 3.05) is 5.32 Å². The molecule has 1 N–H and O–H groups in total. The van der Waals surface area contributed by atoms with Gasteiger partial charge in [-0.3, -0.25) is 0 Å². The third-order valence-electron chi connectivity index (χ3n) is 2.63. The monoisotopic (exact) mass is 363 g/mol. The fourth-order valence-corrected chi connectivity index (χ4v) is 3.51. The number of halogens is 3. The zero-order valence-corrected chi connectivity index (χ0v) is 13.8. The predicted molar refractivity (Wildman–Crippen MR) is 85.3 cm³/mol. The number of benzene rings is 1. The molecule has 0 aliphatic rings. The van der Waals surface area contributed by atoms with Gasteiger partial charge in [0.05, 0.1) is 16.8 Å². The highest BCUT2D eigenvalue weighted by Gasteiger charge is 2.11. The third-order valence-corrected chi connectivity index (χ3v) is 5.23. The highest BCUT2D eigenvalue weighted by Crippen LogP contribution is 2.33. The van der Waals surface area contributed by atoms with E-state index in [-0.39, 0.29) is 6.04 Å². The molecule has 1 atom stereocenters. The minimum absolute atomic E-state index is 0.192. The Kier molecular flexibility index (Phi) is 4.59. The predicted octanol–water partition coefficient (Wildman–Crippen LogP) is 6.30. The van der Waals surface area contributed by atoms with Crippen molar-refractivity contribution >= 4 is 56.2 Å². The lowest BCUT2D eigenvalue weighted by molar-refractivity contribution is 0.907. The first-order chi connectivity index (χ1) is 8.47. The molecule has 2 rings (SSSR count). The summed E-state index contributed by atoms with van der Waals surface area (Å²) in [5, 5.41) is 6.87. The summed E-state index contributed by atoms with van der Waals surface area (Å²) < 4.78 is 1.10. The van der Waals surface area contributed by atoms with Gasteiger partial charge in [0.1, 0.15) is 0 Å². The van der Waals surface area contributed by atoms with Crippen molar-refractivity contribution < 1.29 is 0 Å². The summed E-state index contributed by atoms with van der Waals surface area (Å²) in [5.74, 6) is 0. The zero-order chi connectivity index (χ0) is 13.3. The molecule has 0 saturated carbocycles. The fourth-order valence-electron chi connectivity index (χ4n) is 1.62. The van der Waals surface area contributed by atoms with Crippen LogP contribution < -0.4 is 5.32 Å². The van der Waals surface area contributed by atoms with Gasteiger partial charge in [0.25, 0.3) is 0 Å². The smallest absolute Gasteiger partial charge is 0.0641 e. The summed E-state index contributed by atoms with van der Waals surface area (Å²) in [6.07, 6.45) is 0. The van der Waals surface area contributed by atoms with E-state index in [0.717, 1.165) is 20.7 Å². The van der Waals surface area contributed by atoms with Crippen LogP contribution in [0.15, 0.2) is 28.1 Å². The molecule has 0 aliphatic heterocycles. The van der Waals surface area contributed by atoms with E-state index < -0.39 is 0 Å². The lowest BCUT2D eigenvalue weighted by Crippen LogP contribution is -2.05. The number of thiophene rings is 1. The molecule has 5 heteroatoms. The maximum Gasteiger partial charge on any atom is 0.0641 e. The van der Waals surface area contributed by atoms with Crippen LogP contribution in [-0.4, -0.2) is 0 Å². The molecular formula is C13H12BrCl2NS. The van der Waals surface area contributed by atoms with Crippen molar-refractivity contribution in [3.05, 3.63) is 48.5 Å². The Bertz CT molecular complexity index is 568. The van der Waals surface area contributed by atoms with E-state index in [1.807, 2.05) is 19.1 Å². The first kappa shape index (κ1) is 14.2. The Balaban J connectivity index is 2.21. The van der Waals surface area contributed by atoms with Crippen LogP contribution >= 0.6 is 50.5 Å². The van der Waals surface area contributed by atoms with Crippen molar-refractivity contribution in [3.8, 4) is 0 Å². The molecule has 1 unspecified atom stereocenters. The highest BCUT2D eigenvalue weighted by atomic mass is 79.9. The van der Waals surface area contributed by atoms with Crippen LogP contribution in [0.25, 0.3) is 0 Å². The normalized spacial score (nSPS) is 12.5. The summed E-state index contributed by atoms with van der Waals surface area (Å²) >= 11 is 17.5. The average Bonchev–Trinajstić information content (AvgIpc) is 2.73. The number of nitrogens with one attached hydrogen (secondary N) is 1. The van der Waals surface area contributed by atoms with Gasteiger partial charge in [-0.05, 0) is 53.5 Å². The minimum Gasteiger partial charge on any atom is -0.376 e. The van der Waals surface area contributed by atoms with E-state index in [4.69, 9.17) is 23.2 Å². The van der Waals surface area contributed by atoms with Crippen molar-refractivity contribution in [3.63, 3.8) is 0 Å². The summed E-state index contributed by atoms with van der Waals surface area (Å²) in [6.45, 7) is 4.04. The Morgan fingerprint density at radius 3 is 2.56 bits per heavy atom. The van der Waals surface area contributed by atoms with Gasteiger partial charge in [-0.1, -0.05) is 23.2 Å². The van der Waals surface area contributed by atoms with Crippen LogP contribution in [0, 0.1) is 6.92 Å². The van der Waals surface area contributed by atoms with Crippen LogP contribution in [-0.2, 0) is 0 Å². The molecule has 18 heavy (non-hydrogen) atoms. The lowest BCUT2D eigenvalue weighted by atomic mass is 10.2. The molecule has 0 amide bonds. The van der Waals surface area contributed by atoms with Crippen molar-refractivity contribution in [2.45, 2.75) is 19.9 Å². The van der Waals surface area contributed by atoms with Crippen LogP contribution in [0.4, 0.5) is 5.69 Å². The van der Waals surface area contributed by atoms with E-state index in [2.05, 4.69) is 39.6 Å². The van der Waals surface area contributed by atoms with E-state index in [1.165, 1.54) is 4.88 Å². The van der Waals surface area contributed by atoms with Gasteiger partial charge in [0, 0.05) is 19.8 Å². The Morgan fingerprint density at radius 1 is 1.22 bits per heavy atom. The molecule has 0 fully saturated rings. The topological polar surface area (TPSA) is 12.0 Å². The van der Waals surface area contributed by atoms with E-state index >= 15 is 0 Å². The molecule has 96 valence electrons. The minimum atomic E-state index is 0.192.